The zero-order chi connectivity index (χ0) is 23.3. The van der Waals surface area contributed by atoms with Crippen molar-refractivity contribution >= 4 is 23.2 Å². The molecule has 8 nitrogen and oxygen atoms in total. The van der Waals surface area contributed by atoms with Gasteiger partial charge >= 0.3 is 17.5 Å². The van der Waals surface area contributed by atoms with Gasteiger partial charge in [0.25, 0.3) is 0 Å². The number of rotatable bonds is 6. The largest absolute Gasteiger partial charge is 0.384 e. The van der Waals surface area contributed by atoms with E-state index in [1.807, 2.05) is 42.5 Å². The second kappa shape index (κ2) is 9.36. The minimum absolute atomic E-state index is 0.110. The van der Waals surface area contributed by atoms with Gasteiger partial charge in [-0.2, -0.15) is 4.39 Å². The van der Waals surface area contributed by atoms with E-state index < -0.39 is 33.8 Å². The van der Waals surface area contributed by atoms with Crippen LogP contribution in [-0.2, 0) is 15.2 Å². The van der Waals surface area contributed by atoms with Gasteiger partial charge in [0, 0.05) is 11.8 Å². The number of halogens is 1. The van der Waals surface area contributed by atoms with Gasteiger partial charge < -0.3 is 15.7 Å². The van der Waals surface area contributed by atoms with E-state index in [-0.39, 0.29) is 12.2 Å². The number of nitrogens with zero attached hydrogens (tertiary/aromatic N) is 1. The zero-order valence-corrected chi connectivity index (χ0v) is 17.0. The van der Waals surface area contributed by atoms with E-state index in [2.05, 4.69) is 10.6 Å². The number of carbonyl (C=O) groups excluding carboxylic acids is 2. The van der Waals surface area contributed by atoms with E-state index in [0.29, 0.717) is 5.56 Å². The smallest absolute Gasteiger partial charge is 0.313 e. The van der Waals surface area contributed by atoms with Gasteiger partial charge in [0.2, 0.25) is 5.82 Å². The molecule has 0 radical (unpaired) electrons. The van der Waals surface area contributed by atoms with Gasteiger partial charge in [-0.1, -0.05) is 54.6 Å². The number of nitrogens with one attached hydrogen (secondary N) is 2. The minimum atomic E-state index is -1.46. The number of hydrogen-bond acceptors (Lipinski definition) is 5. The molecule has 3 aromatic rings. The molecular formula is C23H20FN3O5. The fraction of sp³-hybridized carbons (Fsp3) is 0.130. The minimum Gasteiger partial charge on any atom is -0.384 e. The van der Waals surface area contributed by atoms with E-state index in [9.17, 15) is 29.2 Å². The lowest BCUT2D eigenvalue weighted by Crippen LogP contribution is -2.43. The third-order valence-corrected chi connectivity index (χ3v) is 4.81. The molecule has 0 saturated carbocycles. The summed E-state index contributed by atoms with van der Waals surface area (Å²) >= 11 is 0. The summed E-state index contributed by atoms with van der Waals surface area (Å²) in [6.07, 6.45) is 0. The maximum atomic E-state index is 13.4. The van der Waals surface area contributed by atoms with Crippen LogP contribution in [0.15, 0.2) is 72.8 Å². The van der Waals surface area contributed by atoms with Crippen LogP contribution in [0, 0.1) is 15.9 Å². The molecule has 3 aromatic carbocycles. The summed E-state index contributed by atoms with van der Waals surface area (Å²) < 4.78 is 13.4. The van der Waals surface area contributed by atoms with Gasteiger partial charge in [0.1, 0.15) is 5.60 Å². The molecular weight excluding hydrogens is 417 g/mol. The molecule has 0 bridgehead atoms. The van der Waals surface area contributed by atoms with Gasteiger partial charge in [-0.15, -0.1) is 0 Å². The lowest BCUT2D eigenvalue weighted by Gasteiger charge is -2.24. The summed E-state index contributed by atoms with van der Waals surface area (Å²) in [5.74, 6) is -3.23. The Hall–Kier alpha value is -4.11. The van der Waals surface area contributed by atoms with Crippen molar-refractivity contribution in [1.82, 2.24) is 5.32 Å². The Labute approximate surface area is 182 Å². The number of aliphatic hydroxyl groups is 1. The molecule has 0 aromatic heterocycles. The van der Waals surface area contributed by atoms with Crippen molar-refractivity contribution in [3.63, 3.8) is 0 Å². The fourth-order valence-corrected chi connectivity index (χ4v) is 3.01. The van der Waals surface area contributed by atoms with Crippen LogP contribution in [0.2, 0.25) is 0 Å². The highest BCUT2D eigenvalue weighted by Gasteiger charge is 2.26. The summed E-state index contributed by atoms with van der Waals surface area (Å²) in [6.45, 7) is 1.24. The highest BCUT2D eigenvalue weighted by atomic mass is 19.1. The Morgan fingerprint density at radius 1 is 1.00 bits per heavy atom. The van der Waals surface area contributed by atoms with E-state index in [0.717, 1.165) is 29.3 Å². The molecule has 164 valence electrons. The maximum absolute atomic E-state index is 13.4. The van der Waals surface area contributed by atoms with E-state index in [1.54, 1.807) is 12.1 Å². The van der Waals surface area contributed by atoms with Crippen LogP contribution in [0.25, 0.3) is 11.1 Å². The van der Waals surface area contributed by atoms with Crippen molar-refractivity contribution in [2.24, 2.45) is 0 Å². The van der Waals surface area contributed by atoms with Gasteiger partial charge in [0.05, 0.1) is 11.5 Å². The SMILES string of the molecule is CC(O)(CNC(=O)C(=O)Nc1ccc(F)c([N+](=O)[O-])c1)c1ccc(-c2ccccc2)cc1. The summed E-state index contributed by atoms with van der Waals surface area (Å²) in [6, 6.07) is 19.5. The molecule has 0 aliphatic heterocycles. The summed E-state index contributed by atoms with van der Waals surface area (Å²) in [5.41, 5.74) is 0.116. The molecule has 3 N–H and O–H groups in total. The van der Waals surface area contributed by atoms with Crippen molar-refractivity contribution < 1.29 is 24.0 Å². The van der Waals surface area contributed by atoms with Crippen molar-refractivity contribution in [3.05, 3.63) is 94.3 Å². The Bertz CT molecular complexity index is 1150. The van der Waals surface area contributed by atoms with Crippen LogP contribution >= 0.6 is 0 Å². The number of benzene rings is 3. The Morgan fingerprint density at radius 3 is 2.25 bits per heavy atom. The van der Waals surface area contributed by atoms with Gasteiger partial charge in [-0.3, -0.25) is 19.7 Å². The van der Waals surface area contributed by atoms with Crippen molar-refractivity contribution in [2.45, 2.75) is 12.5 Å². The molecule has 3 rings (SSSR count). The Kier molecular flexibility index (Phi) is 6.60. The highest BCUT2D eigenvalue weighted by Crippen LogP contribution is 2.25. The first-order valence-corrected chi connectivity index (χ1v) is 9.59. The molecule has 32 heavy (non-hydrogen) atoms. The molecule has 1 atom stereocenters. The molecule has 0 fully saturated rings. The molecule has 1 unspecified atom stereocenters. The average Bonchev–Trinajstić information content (AvgIpc) is 2.79. The van der Waals surface area contributed by atoms with Crippen LogP contribution in [0.4, 0.5) is 15.8 Å². The second-order valence-corrected chi connectivity index (χ2v) is 7.28. The predicted octanol–water partition coefficient (Wildman–Crippen LogP) is 3.36. The maximum Gasteiger partial charge on any atom is 0.313 e. The molecule has 0 saturated heterocycles. The van der Waals surface area contributed by atoms with Crippen molar-refractivity contribution in [2.75, 3.05) is 11.9 Å². The first kappa shape index (κ1) is 22.6. The predicted molar refractivity (Wildman–Crippen MR) is 116 cm³/mol. The third-order valence-electron chi connectivity index (χ3n) is 4.81. The molecule has 0 aliphatic carbocycles. The Morgan fingerprint density at radius 2 is 1.62 bits per heavy atom. The lowest BCUT2D eigenvalue weighted by molar-refractivity contribution is -0.387. The average molecular weight is 437 g/mol. The molecule has 2 amide bonds. The van der Waals surface area contributed by atoms with Crippen LogP contribution < -0.4 is 10.6 Å². The topological polar surface area (TPSA) is 122 Å². The first-order chi connectivity index (χ1) is 15.2. The van der Waals surface area contributed by atoms with E-state index in [4.69, 9.17) is 0 Å². The van der Waals surface area contributed by atoms with E-state index >= 15 is 0 Å². The number of nitro benzene ring substituents is 1. The second-order valence-electron chi connectivity index (χ2n) is 7.28. The lowest BCUT2D eigenvalue weighted by atomic mass is 9.93. The van der Waals surface area contributed by atoms with Crippen LogP contribution in [0.3, 0.4) is 0 Å². The van der Waals surface area contributed by atoms with Crippen LogP contribution in [0.1, 0.15) is 12.5 Å². The zero-order valence-electron chi connectivity index (χ0n) is 17.0. The third kappa shape index (κ3) is 5.32. The standard InChI is InChI=1S/C23H20FN3O5/c1-23(30,17-9-7-16(8-10-17)15-5-3-2-4-6-15)14-25-21(28)22(29)26-18-11-12-19(24)20(13-18)27(31)32/h2-13,30H,14H2,1H3,(H,25,28)(H,26,29). The monoisotopic (exact) mass is 437 g/mol. The molecule has 0 heterocycles. The summed E-state index contributed by atoms with van der Waals surface area (Å²) in [5, 5.41) is 26.0. The van der Waals surface area contributed by atoms with E-state index in [1.165, 1.54) is 6.92 Å². The number of nitro groups is 1. The molecule has 9 heteroatoms. The van der Waals surface area contributed by atoms with Gasteiger partial charge in [0.15, 0.2) is 0 Å². The van der Waals surface area contributed by atoms with Crippen molar-refractivity contribution in [1.29, 1.82) is 0 Å². The fourth-order valence-electron chi connectivity index (χ4n) is 3.01. The van der Waals surface area contributed by atoms with Gasteiger partial charge in [-0.05, 0) is 35.7 Å². The molecule has 0 spiro atoms. The quantitative estimate of drug-likeness (QED) is 0.310. The first-order valence-electron chi connectivity index (χ1n) is 9.59. The highest BCUT2D eigenvalue weighted by molar-refractivity contribution is 6.39. The summed E-state index contributed by atoms with van der Waals surface area (Å²) in [4.78, 5) is 34.0. The molecule has 0 aliphatic rings. The number of hydrogen-bond donors (Lipinski definition) is 3. The Balaban J connectivity index is 1.61. The number of amides is 2. The summed E-state index contributed by atoms with van der Waals surface area (Å²) in [7, 11) is 0. The number of anilines is 1. The normalized spacial score (nSPS) is 12.5. The van der Waals surface area contributed by atoms with Crippen LogP contribution in [0.5, 0.6) is 0 Å². The van der Waals surface area contributed by atoms with Crippen LogP contribution in [-0.4, -0.2) is 28.4 Å². The van der Waals surface area contributed by atoms with Crippen molar-refractivity contribution in [3.8, 4) is 11.1 Å². The van der Waals surface area contributed by atoms with Gasteiger partial charge in [-0.25, -0.2) is 0 Å². The number of carbonyl (C=O) groups is 2.